The van der Waals surface area contributed by atoms with Crippen LogP contribution in [0.1, 0.15) is 18.0 Å². The number of likely N-dealkylation sites (N-methyl/N-ethyl adjacent to an activating group) is 1. The Hall–Kier alpha value is -1.48. The molecule has 27 heavy (non-hydrogen) atoms. The van der Waals surface area contributed by atoms with Crippen LogP contribution in [0.2, 0.25) is 0 Å². The van der Waals surface area contributed by atoms with Gasteiger partial charge in [-0.2, -0.15) is 4.31 Å². The number of fused-ring (bicyclic) bond motifs is 3. The van der Waals surface area contributed by atoms with Gasteiger partial charge in [-0.05, 0) is 54.4 Å². The Kier molecular flexibility index (Phi) is 4.78. The van der Waals surface area contributed by atoms with Gasteiger partial charge in [0.1, 0.15) is 5.82 Å². The molecule has 0 aromatic heterocycles. The number of benzene rings is 2. The second-order valence-corrected chi connectivity index (χ2v) is 9.84. The summed E-state index contributed by atoms with van der Waals surface area (Å²) in [5.41, 5.74) is 1.84. The van der Waals surface area contributed by atoms with E-state index in [2.05, 4.69) is 15.9 Å². The maximum absolute atomic E-state index is 13.3. The van der Waals surface area contributed by atoms with Crippen molar-refractivity contribution in [3.63, 3.8) is 0 Å². The zero-order valence-electron chi connectivity index (χ0n) is 14.7. The molecule has 4 rings (SSSR count). The zero-order valence-corrected chi connectivity index (χ0v) is 17.1. The Bertz CT molecular complexity index is 967. The summed E-state index contributed by atoms with van der Waals surface area (Å²) in [6.07, 6.45) is 0.659. The van der Waals surface area contributed by atoms with Gasteiger partial charge in [-0.25, -0.2) is 12.8 Å². The highest BCUT2D eigenvalue weighted by Crippen LogP contribution is 2.50. The van der Waals surface area contributed by atoms with Crippen LogP contribution in [-0.2, 0) is 10.0 Å². The first kappa shape index (κ1) is 18.9. The molecular formula is C19H20BrFN2O3S. The SMILES string of the molecule is CN1c2ccc(Br)cc2[C@@H]2[C@@H](CCN2S(=O)(=O)c2ccc(F)cc2)[C@H]1CO. The van der Waals surface area contributed by atoms with E-state index < -0.39 is 15.8 Å². The Morgan fingerprint density at radius 1 is 1.22 bits per heavy atom. The van der Waals surface area contributed by atoms with Crippen LogP contribution < -0.4 is 4.90 Å². The van der Waals surface area contributed by atoms with Crippen LogP contribution in [0.3, 0.4) is 0 Å². The standard InChI is InChI=1S/C19H20BrFN2O3S/c1-22-17-7-2-12(20)10-16(17)19-15(18(22)11-24)8-9-23(19)27(25,26)14-5-3-13(21)4-6-14/h2-7,10,15,18-19,24H,8-9,11H2,1H3/t15-,18+,19-/m0/s1. The lowest BCUT2D eigenvalue weighted by molar-refractivity contribution is 0.193. The first-order valence-corrected chi connectivity index (χ1v) is 11.0. The molecule has 144 valence electrons. The van der Waals surface area contributed by atoms with Crippen molar-refractivity contribution in [3.8, 4) is 0 Å². The molecule has 2 aliphatic rings. The monoisotopic (exact) mass is 454 g/mol. The zero-order chi connectivity index (χ0) is 19.3. The van der Waals surface area contributed by atoms with Crippen molar-refractivity contribution in [3.05, 3.63) is 58.3 Å². The van der Waals surface area contributed by atoms with E-state index in [1.807, 2.05) is 30.1 Å². The van der Waals surface area contributed by atoms with E-state index in [1.54, 1.807) is 0 Å². The largest absolute Gasteiger partial charge is 0.394 e. The molecule has 0 saturated carbocycles. The van der Waals surface area contributed by atoms with Gasteiger partial charge >= 0.3 is 0 Å². The van der Waals surface area contributed by atoms with Gasteiger partial charge in [0.05, 0.1) is 23.6 Å². The fourth-order valence-corrected chi connectivity index (χ4v) is 6.44. The smallest absolute Gasteiger partial charge is 0.243 e. The second-order valence-electron chi connectivity index (χ2n) is 7.03. The first-order valence-electron chi connectivity index (χ1n) is 8.75. The van der Waals surface area contributed by atoms with Crippen molar-refractivity contribution in [2.75, 3.05) is 25.1 Å². The van der Waals surface area contributed by atoms with Crippen molar-refractivity contribution >= 4 is 31.6 Å². The molecule has 2 aromatic rings. The number of hydrogen-bond donors (Lipinski definition) is 1. The topological polar surface area (TPSA) is 60.9 Å². The molecule has 5 nitrogen and oxygen atoms in total. The summed E-state index contributed by atoms with van der Waals surface area (Å²) in [7, 11) is -1.85. The summed E-state index contributed by atoms with van der Waals surface area (Å²) in [5, 5.41) is 9.96. The van der Waals surface area contributed by atoms with Gasteiger partial charge in [0.15, 0.2) is 0 Å². The first-order chi connectivity index (χ1) is 12.8. The van der Waals surface area contributed by atoms with Gasteiger partial charge in [-0.15, -0.1) is 0 Å². The van der Waals surface area contributed by atoms with Crippen molar-refractivity contribution in [1.29, 1.82) is 0 Å². The predicted octanol–water partition coefficient (Wildman–Crippen LogP) is 3.15. The number of anilines is 1. The number of rotatable bonds is 3. The molecule has 2 aromatic carbocycles. The Balaban J connectivity index is 1.83. The molecule has 1 fully saturated rings. The highest BCUT2D eigenvalue weighted by molar-refractivity contribution is 9.10. The Morgan fingerprint density at radius 3 is 2.59 bits per heavy atom. The van der Waals surface area contributed by atoms with Gasteiger partial charge in [0, 0.05) is 29.7 Å². The van der Waals surface area contributed by atoms with Crippen LogP contribution in [-0.4, -0.2) is 44.1 Å². The molecule has 0 radical (unpaired) electrons. The van der Waals surface area contributed by atoms with E-state index in [0.29, 0.717) is 13.0 Å². The third-order valence-electron chi connectivity index (χ3n) is 5.69. The molecule has 3 atom stereocenters. The molecule has 0 spiro atoms. The summed E-state index contributed by atoms with van der Waals surface area (Å²) >= 11 is 3.49. The lowest BCUT2D eigenvalue weighted by Crippen LogP contribution is -2.48. The molecule has 1 saturated heterocycles. The van der Waals surface area contributed by atoms with Crippen LogP contribution in [0.5, 0.6) is 0 Å². The molecule has 2 heterocycles. The Morgan fingerprint density at radius 2 is 1.93 bits per heavy atom. The molecule has 0 aliphatic carbocycles. The van der Waals surface area contributed by atoms with Crippen LogP contribution in [0, 0.1) is 11.7 Å². The maximum Gasteiger partial charge on any atom is 0.243 e. The summed E-state index contributed by atoms with van der Waals surface area (Å²) in [5.74, 6) is -0.487. The highest BCUT2D eigenvalue weighted by atomic mass is 79.9. The number of aliphatic hydroxyl groups excluding tert-OH is 1. The normalized spacial score (nSPS) is 25.3. The summed E-state index contributed by atoms with van der Waals surface area (Å²) in [4.78, 5) is 2.12. The summed E-state index contributed by atoms with van der Waals surface area (Å²) in [6.45, 7) is 0.322. The lowest BCUT2D eigenvalue weighted by Gasteiger charge is -2.44. The fourth-order valence-electron chi connectivity index (χ4n) is 4.39. The minimum Gasteiger partial charge on any atom is -0.394 e. The fraction of sp³-hybridized carbons (Fsp3) is 0.368. The minimum absolute atomic E-state index is 0.0166. The van der Waals surface area contributed by atoms with Crippen molar-refractivity contribution < 1.29 is 17.9 Å². The third kappa shape index (κ3) is 2.99. The Labute approximate surface area is 166 Å². The lowest BCUT2D eigenvalue weighted by atomic mass is 9.82. The number of sulfonamides is 1. The van der Waals surface area contributed by atoms with Crippen molar-refractivity contribution in [1.82, 2.24) is 4.31 Å². The van der Waals surface area contributed by atoms with E-state index in [1.165, 1.54) is 16.4 Å². The molecule has 2 aliphatic heterocycles. The molecular weight excluding hydrogens is 435 g/mol. The number of halogens is 2. The van der Waals surface area contributed by atoms with E-state index in [4.69, 9.17) is 0 Å². The molecule has 8 heteroatoms. The summed E-state index contributed by atoms with van der Waals surface area (Å²) in [6, 6.07) is 10.2. The number of aliphatic hydroxyl groups is 1. The van der Waals surface area contributed by atoms with Crippen molar-refractivity contribution in [2.45, 2.75) is 23.4 Å². The van der Waals surface area contributed by atoms with Gasteiger partial charge in [0.2, 0.25) is 10.0 Å². The second kappa shape index (κ2) is 6.84. The van der Waals surface area contributed by atoms with Crippen LogP contribution in [0.15, 0.2) is 51.8 Å². The number of hydrogen-bond acceptors (Lipinski definition) is 4. The van der Waals surface area contributed by atoms with Gasteiger partial charge in [-0.1, -0.05) is 15.9 Å². The summed E-state index contributed by atoms with van der Waals surface area (Å²) < 4.78 is 42.2. The van der Waals surface area contributed by atoms with E-state index in [-0.39, 0.29) is 29.5 Å². The van der Waals surface area contributed by atoms with Crippen LogP contribution in [0.4, 0.5) is 10.1 Å². The van der Waals surface area contributed by atoms with E-state index in [9.17, 15) is 17.9 Å². The molecule has 1 N–H and O–H groups in total. The van der Waals surface area contributed by atoms with E-state index in [0.717, 1.165) is 27.9 Å². The molecule has 0 amide bonds. The number of nitrogens with zero attached hydrogens (tertiary/aromatic N) is 2. The van der Waals surface area contributed by atoms with Crippen molar-refractivity contribution in [2.24, 2.45) is 5.92 Å². The van der Waals surface area contributed by atoms with Gasteiger partial charge < -0.3 is 10.0 Å². The highest BCUT2D eigenvalue weighted by Gasteiger charge is 2.50. The average molecular weight is 455 g/mol. The minimum atomic E-state index is -3.78. The van der Waals surface area contributed by atoms with Gasteiger partial charge in [-0.3, -0.25) is 0 Å². The third-order valence-corrected chi connectivity index (χ3v) is 8.07. The predicted molar refractivity (Wildman–Crippen MR) is 105 cm³/mol. The average Bonchev–Trinajstić information content (AvgIpc) is 3.08. The van der Waals surface area contributed by atoms with Gasteiger partial charge in [0.25, 0.3) is 0 Å². The van der Waals surface area contributed by atoms with E-state index >= 15 is 0 Å². The quantitative estimate of drug-likeness (QED) is 0.773. The van der Waals surface area contributed by atoms with Crippen LogP contribution in [0.25, 0.3) is 0 Å². The maximum atomic E-state index is 13.3. The molecule has 0 unspecified atom stereocenters. The van der Waals surface area contributed by atoms with Crippen LogP contribution >= 0.6 is 15.9 Å². The molecule has 0 bridgehead atoms.